The molecular weight excluding hydrogens is 394 g/mol. The van der Waals surface area contributed by atoms with Crippen LogP contribution in [0, 0.1) is 11.8 Å². The molecule has 1 saturated carbocycles. The Bertz CT molecular complexity index is 1060. The van der Waals surface area contributed by atoms with Crippen LogP contribution < -0.4 is 5.32 Å². The number of rotatable bonds is 6. The molecule has 3 aromatic carbocycles. The van der Waals surface area contributed by atoms with Gasteiger partial charge in [0.1, 0.15) is 6.10 Å². The monoisotopic (exact) mass is 429 g/mol. The molecule has 0 saturated heterocycles. The van der Waals surface area contributed by atoms with Crippen LogP contribution >= 0.6 is 0 Å². The van der Waals surface area contributed by atoms with Crippen LogP contribution in [0.25, 0.3) is 10.8 Å². The average Bonchev–Trinajstić information content (AvgIpc) is 2.77. The van der Waals surface area contributed by atoms with Gasteiger partial charge >= 0.3 is 5.97 Å². The first-order chi connectivity index (χ1) is 15.4. The van der Waals surface area contributed by atoms with Gasteiger partial charge in [0.15, 0.2) is 0 Å². The number of carbonyl (C=O) groups is 1. The van der Waals surface area contributed by atoms with E-state index in [2.05, 4.69) is 92.8 Å². The normalized spacial score (nSPS) is 24.2. The maximum absolute atomic E-state index is 12.0. The Morgan fingerprint density at radius 2 is 1.72 bits per heavy atom. The number of esters is 1. The highest BCUT2D eigenvalue weighted by Gasteiger charge is 2.38. The fraction of sp³-hybridized carbons (Fsp3) is 0.414. The molecule has 0 aliphatic heterocycles. The van der Waals surface area contributed by atoms with E-state index < -0.39 is 0 Å². The molecule has 168 valence electrons. The van der Waals surface area contributed by atoms with Gasteiger partial charge in [0.05, 0.1) is 0 Å². The summed E-state index contributed by atoms with van der Waals surface area (Å²) in [6, 6.07) is 23.9. The quantitative estimate of drug-likeness (QED) is 0.439. The van der Waals surface area contributed by atoms with Crippen LogP contribution in [0.5, 0.6) is 0 Å². The van der Waals surface area contributed by atoms with E-state index in [4.69, 9.17) is 4.74 Å². The van der Waals surface area contributed by atoms with Gasteiger partial charge in [0.2, 0.25) is 0 Å². The highest BCUT2D eigenvalue weighted by atomic mass is 16.5. The molecular formula is C29H35NO2. The van der Waals surface area contributed by atoms with Gasteiger partial charge in [-0.05, 0) is 59.1 Å². The van der Waals surface area contributed by atoms with Gasteiger partial charge in [-0.25, -0.2) is 0 Å². The lowest BCUT2D eigenvalue weighted by atomic mass is 9.69. The van der Waals surface area contributed by atoms with Gasteiger partial charge in [0.25, 0.3) is 0 Å². The zero-order valence-electron chi connectivity index (χ0n) is 19.7. The summed E-state index contributed by atoms with van der Waals surface area (Å²) in [5.41, 5.74) is 3.93. The predicted octanol–water partition coefficient (Wildman–Crippen LogP) is 6.77. The summed E-state index contributed by atoms with van der Waals surface area (Å²) < 4.78 is 5.94. The van der Waals surface area contributed by atoms with E-state index in [1.54, 1.807) is 0 Å². The van der Waals surface area contributed by atoms with Crippen LogP contribution in [0.4, 0.5) is 0 Å². The summed E-state index contributed by atoms with van der Waals surface area (Å²) in [7, 11) is 0. The zero-order valence-corrected chi connectivity index (χ0v) is 19.7. The largest absolute Gasteiger partial charge is 0.462 e. The van der Waals surface area contributed by atoms with Crippen molar-refractivity contribution in [1.29, 1.82) is 0 Å². The molecule has 0 heterocycles. The highest BCUT2D eigenvalue weighted by molar-refractivity contribution is 5.87. The lowest BCUT2D eigenvalue weighted by Gasteiger charge is -2.40. The summed E-state index contributed by atoms with van der Waals surface area (Å²) >= 11 is 0. The average molecular weight is 430 g/mol. The number of hydrogen-bond acceptors (Lipinski definition) is 3. The Labute approximate surface area is 192 Å². The second kappa shape index (κ2) is 9.87. The van der Waals surface area contributed by atoms with E-state index in [0.717, 1.165) is 19.4 Å². The minimum atomic E-state index is -0.182. The van der Waals surface area contributed by atoms with Crippen molar-refractivity contribution in [3.05, 3.63) is 83.4 Å². The third-order valence-electron chi connectivity index (χ3n) is 7.03. The molecule has 3 aromatic rings. The van der Waals surface area contributed by atoms with Crippen molar-refractivity contribution in [3.8, 4) is 0 Å². The topological polar surface area (TPSA) is 38.3 Å². The molecule has 3 nitrogen and oxygen atoms in total. The second-order valence-corrected chi connectivity index (χ2v) is 9.60. The van der Waals surface area contributed by atoms with Crippen molar-refractivity contribution >= 4 is 16.7 Å². The Hall–Kier alpha value is -2.65. The van der Waals surface area contributed by atoms with Gasteiger partial charge in [0, 0.05) is 25.4 Å². The van der Waals surface area contributed by atoms with Crippen LogP contribution in [-0.4, -0.2) is 12.1 Å². The first kappa shape index (κ1) is 22.5. The van der Waals surface area contributed by atoms with Gasteiger partial charge in [-0.3, -0.25) is 4.79 Å². The van der Waals surface area contributed by atoms with Crippen LogP contribution in [0.3, 0.4) is 0 Å². The molecule has 0 radical (unpaired) electrons. The molecule has 1 aliphatic carbocycles. The number of hydrogen-bond donors (Lipinski definition) is 1. The molecule has 0 bridgehead atoms. The Kier molecular flexibility index (Phi) is 6.95. The SMILES string of the molecule is CC(=O)OC1C[C@H](C)C[C@H](C)C1c1c(CN[C@H](C)c2ccccc2)ccc2ccccc12. The first-order valence-electron chi connectivity index (χ1n) is 11.9. The fourth-order valence-electron chi connectivity index (χ4n) is 5.60. The van der Waals surface area contributed by atoms with E-state index >= 15 is 0 Å². The molecule has 4 rings (SSSR count). The number of carbonyl (C=O) groups excluding carboxylic acids is 1. The van der Waals surface area contributed by atoms with E-state index in [9.17, 15) is 4.79 Å². The zero-order chi connectivity index (χ0) is 22.7. The van der Waals surface area contributed by atoms with Crippen molar-refractivity contribution in [1.82, 2.24) is 5.32 Å². The second-order valence-electron chi connectivity index (χ2n) is 9.60. The summed E-state index contributed by atoms with van der Waals surface area (Å²) in [6.45, 7) is 9.12. The van der Waals surface area contributed by atoms with Crippen LogP contribution in [-0.2, 0) is 16.1 Å². The van der Waals surface area contributed by atoms with Crippen molar-refractivity contribution in [3.63, 3.8) is 0 Å². The van der Waals surface area contributed by atoms with Crippen molar-refractivity contribution in [2.75, 3.05) is 0 Å². The molecule has 1 fully saturated rings. The number of nitrogens with one attached hydrogen (secondary N) is 1. The van der Waals surface area contributed by atoms with E-state index in [1.807, 2.05) is 0 Å². The lowest BCUT2D eigenvalue weighted by Crippen LogP contribution is -2.37. The Morgan fingerprint density at radius 3 is 2.47 bits per heavy atom. The summed E-state index contributed by atoms with van der Waals surface area (Å²) in [5.74, 6) is 1.02. The number of fused-ring (bicyclic) bond motifs is 1. The highest BCUT2D eigenvalue weighted by Crippen LogP contribution is 2.45. The minimum Gasteiger partial charge on any atom is -0.462 e. The smallest absolute Gasteiger partial charge is 0.302 e. The van der Waals surface area contributed by atoms with Gasteiger partial charge < -0.3 is 10.1 Å². The standard InChI is InChI=1S/C29H35NO2/c1-19-16-20(2)28(27(17-19)32-22(4)31)29-25(15-14-24-12-8-9-13-26(24)29)18-30-21(3)23-10-6-5-7-11-23/h5-15,19-21,27-28,30H,16-18H2,1-4H3/t19-,20+,21-,27?,28?/m1/s1. The van der Waals surface area contributed by atoms with Crippen molar-refractivity contribution in [2.45, 2.75) is 65.1 Å². The van der Waals surface area contributed by atoms with E-state index in [1.165, 1.54) is 34.4 Å². The molecule has 2 unspecified atom stereocenters. The molecule has 0 amide bonds. The van der Waals surface area contributed by atoms with Crippen LogP contribution in [0.1, 0.15) is 69.2 Å². The fourth-order valence-corrected chi connectivity index (χ4v) is 5.60. The predicted molar refractivity (Wildman–Crippen MR) is 132 cm³/mol. The first-order valence-corrected chi connectivity index (χ1v) is 11.9. The van der Waals surface area contributed by atoms with Crippen LogP contribution in [0.2, 0.25) is 0 Å². The molecule has 5 atom stereocenters. The number of ether oxygens (including phenoxy) is 1. The Morgan fingerprint density at radius 1 is 1.00 bits per heavy atom. The maximum Gasteiger partial charge on any atom is 0.302 e. The molecule has 3 heteroatoms. The third kappa shape index (κ3) is 4.88. The van der Waals surface area contributed by atoms with Gasteiger partial charge in [-0.15, -0.1) is 0 Å². The van der Waals surface area contributed by atoms with Gasteiger partial charge in [-0.1, -0.05) is 80.6 Å². The summed E-state index contributed by atoms with van der Waals surface area (Å²) in [5, 5.41) is 6.26. The molecule has 0 spiro atoms. The van der Waals surface area contributed by atoms with E-state index in [-0.39, 0.29) is 24.0 Å². The Balaban J connectivity index is 1.73. The minimum absolute atomic E-state index is 0.0812. The maximum atomic E-state index is 12.0. The van der Waals surface area contributed by atoms with Crippen LogP contribution in [0.15, 0.2) is 66.7 Å². The van der Waals surface area contributed by atoms with Gasteiger partial charge in [-0.2, -0.15) is 0 Å². The lowest BCUT2D eigenvalue weighted by molar-refractivity contribution is -0.150. The van der Waals surface area contributed by atoms with Crippen molar-refractivity contribution < 1.29 is 9.53 Å². The molecule has 32 heavy (non-hydrogen) atoms. The molecule has 0 aromatic heterocycles. The summed E-state index contributed by atoms with van der Waals surface area (Å²) in [6.07, 6.45) is 1.99. The van der Waals surface area contributed by atoms with E-state index in [0.29, 0.717) is 11.8 Å². The third-order valence-corrected chi connectivity index (χ3v) is 7.03. The summed E-state index contributed by atoms with van der Waals surface area (Å²) in [4.78, 5) is 12.0. The van der Waals surface area contributed by atoms with Crippen molar-refractivity contribution in [2.24, 2.45) is 11.8 Å². The number of benzene rings is 3. The molecule has 1 aliphatic rings. The molecule has 1 N–H and O–H groups in total.